The molecule has 1 unspecified atom stereocenters. The van der Waals surface area contributed by atoms with Gasteiger partial charge in [-0.05, 0) is 54.5 Å². The maximum absolute atomic E-state index is 13.3. The first kappa shape index (κ1) is 26.1. The predicted molar refractivity (Wildman–Crippen MR) is 142 cm³/mol. The molecular weight excluding hydrogens is 468 g/mol. The van der Waals surface area contributed by atoms with Gasteiger partial charge in [0.25, 0.3) is 0 Å². The Labute approximate surface area is 217 Å². The molecule has 0 aliphatic heterocycles. The Morgan fingerprint density at radius 2 is 1.65 bits per heavy atom. The van der Waals surface area contributed by atoms with E-state index in [0.29, 0.717) is 25.1 Å². The van der Waals surface area contributed by atoms with Crippen LogP contribution in [-0.2, 0) is 25.6 Å². The second kappa shape index (κ2) is 12.8. The molecule has 4 rings (SSSR count). The fourth-order valence-electron chi connectivity index (χ4n) is 4.76. The van der Waals surface area contributed by atoms with E-state index in [0.717, 1.165) is 40.8 Å². The molecule has 0 fully saturated rings. The zero-order valence-corrected chi connectivity index (χ0v) is 21.0. The predicted octanol–water partition coefficient (Wildman–Crippen LogP) is 4.74. The van der Waals surface area contributed by atoms with E-state index in [2.05, 4.69) is 11.2 Å². The highest BCUT2D eigenvalue weighted by Gasteiger charge is 2.29. The summed E-state index contributed by atoms with van der Waals surface area (Å²) in [5, 5.41) is 4.35. The summed E-state index contributed by atoms with van der Waals surface area (Å²) < 4.78 is 10.5. The van der Waals surface area contributed by atoms with E-state index < -0.39 is 17.9 Å². The van der Waals surface area contributed by atoms with Gasteiger partial charge in [-0.2, -0.15) is 0 Å². The third-order valence-electron chi connectivity index (χ3n) is 6.57. The van der Waals surface area contributed by atoms with Crippen LogP contribution < -0.4 is 10.5 Å². The lowest BCUT2D eigenvalue weighted by atomic mass is 9.79. The smallest absolute Gasteiger partial charge is 0.346 e. The first-order valence-electron chi connectivity index (χ1n) is 12.5. The molecular formula is C30H32N2O5. The second-order valence-electron chi connectivity index (χ2n) is 9.02. The molecule has 0 bridgehead atoms. The fraction of sp³-hybridized carbons (Fsp3) is 0.300. The zero-order chi connectivity index (χ0) is 26.0. The van der Waals surface area contributed by atoms with E-state index in [-0.39, 0.29) is 12.5 Å². The zero-order valence-electron chi connectivity index (χ0n) is 21.0. The Hall–Kier alpha value is -3.97. The first-order valence-corrected chi connectivity index (χ1v) is 12.5. The van der Waals surface area contributed by atoms with Gasteiger partial charge < -0.3 is 20.0 Å². The van der Waals surface area contributed by atoms with Gasteiger partial charge in [-0.15, -0.1) is 0 Å². The lowest BCUT2D eigenvalue weighted by Crippen LogP contribution is -2.23. The van der Waals surface area contributed by atoms with Crippen molar-refractivity contribution in [3.63, 3.8) is 0 Å². The topological polar surface area (TPSA) is 100 Å². The number of nitrogens with two attached hydrogens (primary N) is 1. The molecule has 7 nitrogen and oxygen atoms in total. The van der Waals surface area contributed by atoms with E-state index in [1.165, 1.54) is 7.11 Å². The third kappa shape index (κ3) is 6.62. The van der Waals surface area contributed by atoms with Crippen LogP contribution in [0.2, 0.25) is 0 Å². The van der Waals surface area contributed by atoms with Gasteiger partial charge in [-0.25, -0.2) is 9.59 Å². The summed E-state index contributed by atoms with van der Waals surface area (Å²) in [6.07, 6.45) is 2.84. The van der Waals surface area contributed by atoms with Crippen LogP contribution in [0.1, 0.15) is 53.4 Å². The molecule has 0 spiro atoms. The molecule has 1 aliphatic rings. The Balaban J connectivity index is 1.59. The number of esters is 1. The number of carbonyl (C=O) groups excluding carboxylic acids is 2. The summed E-state index contributed by atoms with van der Waals surface area (Å²) in [7, 11) is 1.33. The number of oxime groups is 1. The molecule has 7 heteroatoms. The molecule has 0 aromatic heterocycles. The maximum Gasteiger partial charge on any atom is 0.346 e. The van der Waals surface area contributed by atoms with Gasteiger partial charge in [-0.3, -0.25) is 0 Å². The van der Waals surface area contributed by atoms with E-state index >= 15 is 0 Å². The van der Waals surface area contributed by atoms with Crippen LogP contribution in [0.25, 0.3) is 0 Å². The number of nitrogens with zero attached hydrogens (tertiary/aromatic N) is 1. The summed E-state index contributed by atoms with van der Waals surface area (Å²) in [5.74, 6) is -0.723. The molecule has 1 aliphatic carbocycles. The van der Waals surface area contributed by atoms with Crippen molar-refractivity contribution >= 4 is 17.7 Å². The number of methoxy groups -OCH3 is 1. The summed E-state index contributed by atoms with van der Waals surface area (Å²) in [4.78, 5) is 30.6. The average Bonchev–Trinajstić information content (AvgIpc) is 2.94. The van der Waals surface area contributed by atoms with Crippen LogP contribution >= 0.6 is 0 Å². The number of ether oxygens (including phenoxy) is 2. The Bertz CT molecular complexity index is 1190. The summed E-state index contributed by atoms with van der Waals surface area (Å²) in [5.41, 5.74) is 10.3. The van der Waals surface area contributed by atoms with Crippen molar-refractivity contribution in [3.8, 4) is 5.75 Å². The number of rotatable bonds is 10. The minimum Gasteiger partial charge on any atom is -0.482 e. The third-order valence-corrected chi connectivity index (χ3v) is 6.57. The van der Waals surface area contributed by atoms with Crippen LogP contribution in [0.4, 0.5) is 0 Å². The van der Waals surface area contributed by atoms with Gasteiger partial charge in [0, 0.05) is 12.0 Å². The average molecular weight is 501 g/mol. The van der Waals surface area contributed by atoms with E-state index in [4.69, 9.17) is 20.0 Å². The van der Waals surface area contributed by atoms with Crippen LogP contribution in [0.5, 0.6) is 5.75 Å². The summed E-state index contributed by atoms with van der Waals surface area (Å²) in [6, 6.07) is 24.9. The summed E-state index contributed by atoms with van der Waals surface area (Å²) >= 11 is 0. The molecule has 0 heterocycles. The van der Waals surface area contributed by atoms with Crippen molar-refractivity contribution in [2.75, 3.05) is 20.3 Å². The molecule has 0 radical (unpaired) electrons. The quantitative estimate of drug-likeness (QED) is 0.245. The van der Waals surface area contributed by atoms with E-state index in [1.807, 2.05) is 72.8 Å². The molecule has 1 atom stereocenters. The fourth-order valence-corrected chi connectivity index (χ4v) is 4.76. The van der Waals surface area contributed by atoms with E-state index in [9.17, 15) is 9.59 Å². The minimum atomic E-state index is -0.588. The van der Waals surface area contributed by atoms with Gasteiger partial charge in [-0.1, -0.05) is 78.0 Å². The molecule has 0 saturated carbocycles. The monoisotopic (exact) mass is 500 g/mol. The van der Waals surface area contributed by atoms with Crippen molar-refractivity contribution < 1.29 is 23.9 Å². The minimum absolute atomic E-state index is 0.158. The van der Waals surface area contributed by atoms with Gasteiger partial charge in [0.15, 0.2) is 6.61 Å². The molecule has 0 amide bonds. The van der Waals surface area contributed by atoms with E-state index in [1.54, 1.807) is 0 Å². The highest BCUT2D eigenvalue weighted by atomic mass is 16.7. The molecule has 3 aromatic rings. The number of carbonyl (C=O) groups is 2. The lowest BCUT2D eigenvalue weighted by molar-refractivity contribution is -0.144. The van der Waals surface area contributed by atoms with Crippen molar-refractivity contribution in [3.05, 3.63) is 101 Å². The highest BCUT2D eigenvalue weighted by molar-refractivity contribution is 5.91. The molecule has 37 heavy (non-hydrogen) atoms. The van der Waals surface area contributed by atoms with Crippen molar-refractivity contribution in [2.24, 2.45) is 10.9 Å². The second-order valence-corrected chi connectivity index (χ2v) is 9.02. The molecule has 2 N–H and O–H groups in total. The van der Waals surface area contributed by atoms with Gasteiger partial charge in [0.1, 0.15) is 11.7 Å². The largest absolute Gasteiger partial charge is 0.482 e. The van der Waals surface area contributed by atoms with Crippen LogP contribution in [0.3, 0.4) is 0 Å². The molecule has 3 aromatic carbocycles. The van der Waals surface area contributed by atoms with Crippen molar-refractivity contribution in [1.82, 2.24) is 0 Å². The standard InChI is InChI=1S/C30H32N2O5/c1-35-28(33)20-36-27-16-8-15-25-23(14-9-17-31)18-24(19-26(25)27)32-37-30(34)29(21-10-4-2-5-11-21)22-12-6-3-7-13-22/h2-8,10-13,15-16,23,29H,9,14,17-20,31H2,1H3. The van der Waals surface area contributed by atoms with Gasteiger partial charge in [0.2, 0.25) is 0 Å². The Morgan fingerprint density at radius 3 is 2.27 bits per heavy atom. The van der Waals surface area contributed by atoms with Crippen LogP contribution in [0, 0.1) is 0 Å². The molecule has 192 valence electrons. The van der Waals surface area contributed by atoms with Gasteiger partial charge in [0.05, 0.1) is 12.8 Å². The Kier molecular flexibility index (Phi) is 9.05. The number of fused-ring (bicyclic) bond motifs is 1. The molecule has 0 saturated heterocycles. The van der Waals surface area contributed by atoms with Crippen LogP contribution in [0.15, 0.2) is 84.0 Å². The lowest BCUT2D eigenvalue weighted by Gasteiger charge is -2.28. The van der Waals surface area contributed by atoms with Crippen LogP contribution in [-0.4, -0.2) is 37.9 Å². The van der Waals surface area contributed by atoms with Gasteiger partial charge >= 0.3 is 11.9 Å². The maximum atomic E-state index is 13.3. The summed E-state index contributed by atoms with van der Waals surface area (Å²) in [6.45, 7) is 0.402. The number of benzene rings is 3. The van der Waals surface area contributed by atoms with Crippen molar-refractivity contribution in [1.29, 1.82) is 0 Å². The first-order chi connectivity index (χ1) is 18.1. The van der Waals surface area contributed by atoms with Crippen molar-refractivity contribution in [2.45, 2.75) is 37.5 Å². The normalized spacial score (nSPS) is 15.8. The SMILES string of the molecule is COC(=O)COc1cccc2c1CC(=NOC(=O)C(c1ccccc1)c1ccccc1)CC2CCCN. The number of hydrogen-bond donors (Lipinski definition) is 1. The highest BCUT2D eigenvalue weighted by Crippen LogP contribution is 2.38. The number of hydrogen-bond acceptors (Lipinski definition) is 7. The Morgan fingerprint density at radius 1 is 0.973 bits per heavy atom.